The van der Waals surface area contributed by atoms with Crippen molar-refractivity contribution in [2.75, 3.05) is 0 Å². The van der Waals surface area contributed by atoms with Crippen LogP contribution in [0.4, 0.5) is 8.78 Å². The Morgan fingerprint density at radius 2 is 1.68 bits per heavy atom. The third-order valence-corrected chi connectivity index (χ3v) is 3.86. The van der Waals surface area contributed by atoms with Crippen molar-refractivity contribution in [3.05, 3.63) is 35.4 Å². The van der Waals surface area contributed by atoms with E-state index in [1.165, 1.54) is 0 Å². The van der Waals surface area contributed by atoms with Crippen molar-refractivity contribution in [2.45, 2.75) is 44.4 Å². The average Bonchev–Trinajstić information content (AvgIpc) is 2.77. The zero-order valence-electron chi connectivity index (χ0n) is 12.1. The molecule has 0 bridgehead atoms. The van der Waals surface area contributed by atoms with Gasteiger partial charge >= 0.3 is 17.5 Å². The molecule has 0 radical (unpaired) electrons. The third-order valence-electron chi connectivity index (χ3n) is 3.86. The van der Waals surface area contributed by atoms with Crippen LogP contribution in [0.15, 0.2) is 24.3 Å². The molecule has 1 saturated carbocycles. The van der Waals surface area contributed by atoms with Crippen molar-refractivity contribution in [1.29, 1.82) is 0 Å². The number of halogens is 2. The van der Waals surface area contributed by atoms with Gasteiger partial charge in [0, 0.05) is 0 Å². The molecule has 1 aliphatic carbocycles. The Hall–Kier alpha value is -1.63. The highest BCUT2D eigenvalue weighted by molar-refractivity contribution is 7.51. The van der Waals surface area contributed by atoms with Crippen LogP contribution in [0.1, 0.15) is 36.3 Å². The Kier molecular flexibility index (Phi) is 7.31. The summed E-state index contributed by atoms with van der Waals surface area (Å²) in [4.78, 5) is 11.3. The molecule has 4 nitrogen and oxygen atoms in total. The number of carboxylic acid groups (broad SMARTS) is 1. The number of carbonyl (C=O) groups is 1. The molecular formula is C15H18F2O4S. The third kappa shape index (κ3) is 5.29. The molecule has 0 aromatic heterocycles. The summed E-state index contributed by atoms with van der Waals surface area (Å²) in [5, 5.41) is 9.30. The molecule has 1 aromatic carbocycles. The summed E-state index contributed by atoms with van der Waals surface area (Å²) in [5.74, 6) is -1.79. The molecule has 1 fully saturated rings. The molecule has 1 aliphatic rings. The molecule has 0 saturated heterocycles. The minimum absolute atomic E-state index is 0.136. The van der Waals surface area contributed by atoms with Crippen molar-refractivity contribution in [3.8, 4) is 0 Å². The van der Waals surface area contributed by atoms with Crippen molar-refractivity contribution < 1.29 is 27.1 Å². The van der Waals surface area contributed by atoms with E-state index in [0.29, 0.717) is 12.0 Å². The SMILES string of the molecule is Cc1ccc(C(CC2C[C@@H](F)[C@@H](F)C2)C(=O)O)cc1.O=S=O. The van der Waals surface area contributed by atoms with Gasteiger partial charge < -0.3 is 5.11 Å². The van der Waals surface area contributed by atoms with E-state index in [-0.39, 0.29) is 18.8 Å². The molecule has 0 amide bonds. The summed E-state index contributed by atoms with van der Waals surface area (Å²) < 4.78 is 42.9. The first-order chi connectivity index (χ1) is 10.4. The van der Waals surface area contributed by atoms with Gasteiger partial charge in [0.25, 0.3) is 0 Å². The smallest absolute Gasteiger partial charge is 0.335 e. The lowest BCUT2D eigenvalue weighted by molar-refractivity contribution is -0.139. The van der Waals surface area contributed by atoms with E-state index in [2.05, 4.69) is 0 Å². The lowest BCUT2D eigenvalue weighted by atomic mass is 9.87. The summed E-state index contributed by atoms with van der Waals surface area (Å²) in [6, 6.07) is 7.28. The lowest BCUT2D eigenvalue weighted by Gasteiger charge is -2.17. The van der Waals surface area contributed by atoms with E-state index in [0.717, 1.165) is 5.56 Å². The van der Waals surface area contributed by atoms with Crippen molar-refractivity contribution in [1.82, 2.24) is 0 Å². The van der Waals surface area contributed by atoms with Crippen molar-refractivity contribution in [2.24, 2.45) is 5.92 Å². The highest BCUT2D eigenvalue weighted by atomic mass is 32.1. The quantitative estimate of drug-likeness (QED) is 0.920. The standard InChI is InChI=1S/C15H18F2O2.O2S/c1-9-2-4-11(5-3-9)12(15(18)19)6-10-7-13(16)14(17)8-10;1-3-2/h2-5,10,12-14H,6-8H2,1H3,(H,18,19);/t10?,12?,13-,14+;. The Labute approximate surface area is 131 Å². The van der Waals surface area contributed by atoms with Crippen LogP contribution < -0.4 is 0 Å². The minimum atomic E-state index is -1.43. The highest BCUT2D eigenvalue weighted by Gasteiger charge is 2.37. The zero-order valence-corrected chi connectivity index (χ0v) is 12.9. The van der Waals surface area contributed by atoms with E-state index in [1.807, 2.05) is 19.1 Å². The fourth-order valence-corrected chi connectivity index (χ4v) is 2.73. The molecule has 1 N–H and O–H groups in total. The van der Waals surface area contributed by atoms with E-state index in [1.54, 1.807) is 12.1 Å². The van der Waals surface area contributed by atoms with Gasteiger partial charge in [-0.25, -0.2) is 8.78 Å². The molecular weight excluding hydrogens is 314 g/mol. The molecule has 0 heterocycles. The fourth-order valence-electron chi connectivity index (χ4n) is 2.73. The van der Waals surface area contributed by atoms with Gasteiger partial charge in [-0.1, -0.05) is 29.8 Å². The zero-order chi connectivity index (χ0) is 16.7. The molecule has 2 rings (SSSR count). The second-order valence-electron chi connectivity index (χ2n) is 5.47. The summed E-state index contributed by atoms with van der Waals surface area (Å²) in [6.07, 6.45) is -2.29. The molecule has 0 spiro atoms. The monoisotopic (exact) mass is 332 g/mol. The Morgan fingerprint density at radius 3 is 2.09 bits per heavy atom. The summed E-state index contributed by atoms with van der Waals surface area (Å²) in [5.41, 5.74) is 1.76. The summed E-state index contributed by atoms with van der Waals surface area (Å²) in [6.45, 7) is 1.93. The first kappa shape index (κ1) is 18.4. The summed E-state index contributed by atoms with van der Waals surface area (Å²) >= 11 is -0.750. The second kappa shape index (κ2) is 8.73. The predicted octanol–water partition coefficient (Wildman–Crippen LogP) is 2.97. The highest BCUT2D eigenvalue weighted by Crippen LogP contribution is 2.37. The topological polar surface area (TPSA) is 71.4 Å². The van der Waals surface area contributed by atoms with E-state index in [4.69, 9.17) is 8.42 Å². The van der Waals surface area contributed by atoms with Crippen LogP contribution in [0.3, 0.4) is 0 Å². The van der Waals surface area contributed by atoms with Gasteiger partial charge in [-0.15, -0.1) is 0 Å². The van der Waals surface area contributed by atoms with Crippen molar-refractivity contribution >= 4 is 17.5 Å². The molecule has 122 valence electrons. The van der Waals surface area contributed by atoms with Gasteiger partial charge in [0.1, 0.15) is 12.3 Å². The van der Waals surface area contributed by atoms with Crippen LogP contribution in [0.5, 0.6) is 0 Å². The van der Waals surface area contributed by atoms with Gasteiger partial charge in [-0.2, -0.15) is 8.42 Å². The number of aliphatic carboxylic acids is 1. The predicted molar refractivity (Wildman–Crippen MR) is 77.6 cm³/mol. The largest absolute Gasteiger partial charge is 0.481 e. The van der Waals surface area contributed by atoms with Crippen LogP contribution in [0.25, 0.3) is 0 Å². The maximum atomic E-state index is 13.2. The Morgan fingerprint density at radius 1 is 1.23 bits per heavy atom. The number of rotatable bonds is 4. The van der Waals surface area contributed by atoms with Gasteiger partial charge in [0.2, 0.25) is 0 Å². The lowest BCUT2D eigenvalue weighted by Crippen LogP contribution is -2.15. The van der Waals surface area contributed by atoms with Gasteiger partial charge in [0.15, 0.2) is 0 Å². The first-order valence-electron chi connectivity index (χ1n) is 6.88. The van der Waals surface area contributed by atoms with Crippen LogP contribution in [0.2, 0.25) is 0 Å². The van der Waals surface area contributed by atoms with Crippen LogP contribution >= 0.6 is 0 Å². The molecule has 2 unspecified atom stereocenters. The van der Waals surface area contributed by atoms with Crippen LogP contribution in [-0.4, -0.2) is 31.8 Å². The second-order valence-corrected chi connectivity index (χ2v) is 5.61. The maximum absolute atomic E-state index is 13.2. The molecule has 4 atom stereocenters. The summed E-state index contributed by atoms with van der Waals surface area (Å²) in [7, 11) is 0. The van der Waals surface area contributed by atoms with Crippen molar-refractivity contribution in [3.63, 3.8) is 0 Å². The van der Waals surface area contributed by atoms with Crippen LogP contribution in [-0.2, 0) is 16.4 Å². The van der Waals surface area contributed by atoms with E-state index in [9.17, 15) is 18.7 Å². The fraction of sp³-hybridized carbons (Fsp3) is 0.533. The van der Waals surface area contributed by atoms with Gasteiger partial charge in [-0.3, -0.25) is 4.79 Å². The molecule has 7 heteroatoms. The maximum Gasteiger partial charge on any atom is 0.335 e. The van der Waals surface area contributed by atoms with Gasteiger partial charge in [0.05, 0.1) is 5.92 Å². The number of benzene rings is 1. The number of aryl methyl sites for hydroxylation is 1. The minimum Gasteiger partial charge on any atom is -0.481 e. The van der Waals surface area contributed by atoms with Gasteiger partial charge in [-0.05, 0) is 37.7 Å². The molecule has 0 aliphatic heterocycles. The number of carboxylic acids is 1. The number of hydrogen-bond acceptors (Lipinski definition) is 3. The Balaban J connectivity index is 0.000000745. The number of alkyl halides is 2. The molecule has 22 heavy (non-hydrogen) atoms. The Bertz CT molecular complexity index is 519. The number of hydrogen-bond donors (Lipinski definition) is 1. The van der Waals surface area contributed by atoms with E-state index >= 15 is 0 Å². The normalized spacial score (nSPS) is 25.0. The van der Waals surface area contributed by atoms with Crippen LogP contribution in [0, 0.1) is 12.8 Å². The first-order valence-corrected chi connectivity index (χ1v) is 7.55. The molecule has 1 aromatic rings. The average molecular weight is 332 g/mol. The van der Waals surface area contributed by atoms with E-state index < -0.39 is 35.8 Å².